The Balaban J connectivity index is 1.53. The second kappa shape index (κ2) is 9.21. The van der Waals surface area contributed by atoms with Crippen LogP contribution in [0.3, 0.4) is 0 Å². The molecule has 31 heavy (non-hydrogen) atoms. The van der Waals surface area contributed by atoms with Crippen LogP contribution in [0.25, 0.3) is 10.8 Å². The average molecular weight is 417 g/mol. The first-order valence-corrected chi connectivity index (χ1v) is 10.9. The maximum Gasteiger partial charge on any atom is 0.254 e. The Kier molecular flexibility index (Phi) is 6.21. The summed E-state index contributed by atoms with van der Waals surface area (Å²) in [4.78, 5) is 26.6. The van der Waals surface area contributed by atoms with E-state index in [1.165, 1.54) is 12.5 Å². The van der Waals surface area contributed by atoms with E-state index >= 15 is 0 Å². The van der Waals surface area contributed by atoms with Gasteiger partial charge in [0.15, 0.2) is 0 Å². The highest BCUT2D eigenvalue weighted by Gasteiger charge is 2.37. The number of carbonyl (C=O) groups is 2. The lowest BCUT2D eigenvalue weighted by Crippen LogP contribution is -2.38. The van der Waals surface area contributed by atoms with Crippen molar-refractivity contribution in [1.29, 1.82) is 0 Å². The molecule has 0 radical (unpaired) electrons. The van der Waals surface area contributed by atoms with Gasteiger partial charge in [-0.25, -0.2) is 0 Å². The Morgan fingerprint density at radius 2 is 1.90 bits per heavy atom. The zero-order valence-corrected chi connectivity index (χ0v) is 18.1. The van der Waals surface area contributed by atoms with Crippen molar-refractivity contribution in [2.75, 3.05) is 18.1 Å². The molecule has 1 aliphatic rings. The Morgan fingerprint density at radius 3 is 2.71 bits per heavy atom. The molecule has 3 aromatic carbocycles. The van der Waals surface area contributed by atoms with Crippen molar-refractivity contribution in [1.82, 2.24) is 5.32 Å². The number of ether oxygens (including phenoxy) is 1. The molecule has 1 unspecified atom stereocenters. The van der Waals surface area contributed by atoms with Gasteiger partial charge in [0.2, 0.25) is 5.91 Å². The standard InChI is InChI=1S/C26H28N2O3/c1-3-4-8-19-13-14-23-22(17-19)25(27-18(2)29)26(30)28(23)15-16-31-24-12-7-10-20-9-5-6-11-21(20)24/h5-7,9-14,17,25H,3-4,8,15-16H2,1-2H3,(H,27,29). The van der Waals surface area contributed by atoms with Gasteiger partial charge in [-0.15, -0.1) is 0 Å². The fraction of sp³-hybridized carbons (Fsp3) is 0.308. The molecular weight excluding hydrogens is 388 g/mol. The lowest BCUT2D eigenvalue weighted by Gasteiger charge is -2.19. The molecular formula is C26H28N2O3. The molecule has 3 aromatic rings. The van der Waals surface area contributed by atoms with Crippen LogP contribution in [0.5, 0.6) is 5.75 Å². The van der Waals surface area contributed by atoms with E-state index in [4.69, 9.17) is 4.74 Å². The molecule has 1 heterocycles. The van der Waals surface area contributed by atoms with Gasteiger partial charge >= 0.3 is 0 Å². The lowest BCUT2D eigenvalue weighted by molar-refractivity contribution is -0.126. The smallest absolute Gasteiger partial charge is 0.254 e. The van der Waals surface area contributed by atoms with E-state index in [1.807, 2.05) is 36.4 Å². The zero-order chi connectivity index (χ0) is 21.8. The quantitative estimate of drug-likeness (QED) is 0.575. The van der Waals surface area contributed by atoms with Crippen molar-refractivity contribution in [3.63, 3.8) is 0 Å². The van der Waals surface area contributed by atoms with Gasteiger partial charge in [-0.2, -0.15) is 0 Å². The van der Waals surface area contributed by atoms with Gasteiger partial charge in [0.25, 0.3) is 5.91 Å². The van der Waals surface area contributed by atoms with Gasteiger partial charge in [0.05, 0.1) is 6.54 Å². The van der Waals surface area contributed by atoms with Gasteiger partial charge in [-0.1, -0.05) is 61.9 Å². The van der Waals surface area contributed by atoms with Crippen LogP contribution in [0.15, 0.2) is 60.7 Å². The average Bonchev–Trinajstić information content (AvgIpc) is 3.03. The van der Waals surface area contributed by atoms with Crippen molar-refractivity contribution in [2.24, 2.45) is 0 Å². The molecule has 2 amide bonds. The number of unbranched alkanes of at least 4 members (excludes halogenated alkanes) is 1. The number of carbonyl (C=O) groups excluding carboxylic acids is 2. The molecule has 0 bridgehead atoms. The van der Waals surface area contributed by atoms with Crippen LogP contribution in [0.2, 0.25) is 0 Å². The minimum absolute atomic E-state index is 0.112. The molecule has 4 rings (SSSR count). The normalized spacial score (nSPS) is 15.2. The highest BCUT2D eigenvalue weighted by Crippen LogP contribution is 2.37. The summed E-state index contributed by atoms with van der Waals surface area (Å²) >= 11 is 0. The van der Waals surface area contributed by atoms with E-state index in [0.29, 0.717) is 13.2 Å². The summed E-state index contributed by atoms with van der Waals surface area (Å²) in [5, 5.41) is 4.99. The van der Waals surface area contributed by atoms with E-state index in [-0.39, 0.29) is 11.8 Å². The summed E-state index contributed by atoms with van der Waals surface area (Å²) in [6.45, 7) is 4.39. The molecule has 160 valence electrons. The van der Waals surface area contributed by atoms with E-state index in [9.17, 15) is 9.59 Å². The molecule has 0 saturated carbocycles. The van der Waals surface area contributed by atoms with Crippen molar-refractivity contribution >= 4 is 28.3 Å². The molecule has 1 N–H and O–H groups in total. The number of hydrogen-bond acceptors (Lipinski definition) is 3. The molecule has 0 aromatic heterocycles. The van der Waals surface area contributed by atoms with Crippen molar-refractivity contribution in [3.8, 4) is 5.75 Å². The molecule has 1 aliphatic heterocycles. The van der Waals surface area contributed by atoms with Crippen LogP contribution in [0.1, 0.15) is 43.9 Å². The maximum atomic E-state index is 13.1. The minimum Gasteiger partial charge on any atom is -0.491 e. The Morgan fingerprint density at radius 1 is 1.10 bits per heavy atom. The predicted molar refractivity (Wildman–Crippen MR) is 123 cm³/mol. The number of nitrogens with one attached hydrogen (secondary N) is 1. The van der Waals surface area contributed by atoms with Gasteiger partial charge in [0.1, 0.15) is 18.4 Å². The number of fused-ring (bicyclic) bond motifs is 2. The van der Waals surface area contributed by atoms with Gasteiger partial charge < -0.3 is 15.0 Å². The van der Waals surface area contributed by atoms with Gasteiger partial charge in [-0.05, 0) is 35.9 Å². The number of anilines is 1. The minimum atomic E-state index is -0.633. The number of aryl methyl sites for hydroxylation is 1. The first-order chi connectivity index (χ1) is 15.1. The van der Waals surface area contributed by atoms with Crippen LogP contribution in [0.4, 0.5) is 5.69 Å². The van der Waals surface area contributed by atoms with Crippen LogP contribution in [-0.2, 0) is 16.0 Å². The van der Waals surface area contributed by atoms with Crippen molar-refractivity contribution in [3.05, 3.63) is 71.8 Å². The van der Waals surface area contributed by atoms with E-state index in [0.717, 1.165) is 47.0 Å². The molecule has 1 atom stereocenters. The summed E-state index contributed by atoms with van der Waals surface area (Å²) in [5.74, 6) is 0.481. The lowest BCUT2D eigenvalue weighted by atomic mass is 10.0. The van der Waals surface area contributed by atoms with E-state index < -0.39 is 6.04 Å². The summed E-state index contributed by atoms with van der Waals surface area (Å²) in [7, 11) is 0. The van der Waals surface area contributed by atoms with E-state index in [1.54, 1.807) is 4.90 Å². The van der Waals surface area contributed by atoms with Crippen LogP contribution in [0, 0.1) is 0 Å². The molecule has 5 heteroatoms. The number of hydrogen-bond donors (Lipinski definition) is 1. The summed E-state index contributed by atoms with van der Waals surface area (Å²) < 4.78 is 6.06. The van der Waals surface area contributed by atoms with Gasteiger partial charge in [-0.3, -0.25) is 9.59 Å². The van der Waals surface area contributed by atoms with Crippen LogP contribution in [-0.4, -0.2) is 25.0 Å². The molecule has 0 spiro atoms. The van der Waals surface area contributed by atoms with Crippen LogP contribution >= 0.6 is 0 Å². The van der Waals surface area contributed by atoms with Crippen molar-refractivity contribution < 1.29 is 14.3 Å². The Hall–Kier alpha value is -3.34. The maximum absolute atomic E-state index is 13.1. The van der Waals surface area contributed by atoms with Crippen LogP contribution < -0.4 is 15.0 Å². The third kappa shape index (κ3) is 4.41. The Bertz CT molecular complexity index is 1100. The number of nitrogens with zero attached hydrogens (tertiary/aromatic N) is 1. The van der Waals surface area contributed by atoms with Gasteiger partial charge in [0, 0.05) is 23.6 Å². The largest absolute Gasteiger partial charge is 0.491 e. The highest BCUT2D eigenvalue weighted by molar-refractivity contribution is 6.06. The number of amides is 2. The van der Waals surface area contributed by atoms with Crippen molar-refractivity contribution in [2.45, 2.75) is 39.2 Å². The monoisotopic (exact) mass is 416 g/mol. The first-order valence-electron chi connectivity index (χ1n) is 10.9. The Labute approximate surface area is 183 Å². The highest BCUT2D eigenvalue weighted by atomic mass is 16.5. The fourth-order valence-corrected chi connectivity index (χ4v) is 4.17. The number of benzene rings is 3. The second-order valence-corrected chi connectivity index (χ2v) is 7.95. The predicted octanol–water partition coefficient (Wildman–Crippen LogP) is 4.79. The molecule has 5 nitrogen and oxygen atoms in total. The SMILES string of the molecule is CCCCc1ccc2c(c1)C(NC(C)=O)C(=O)N2CCOc1cccc2ccccc12. The summed E-state index contributed by atoms with van der Waals surface area (Å²) in [6, 6.07) is 19.6. The molecule has 0 aliphatic carbocycles. The topological polar surface area (TPSA) is 58.6 Å². The number of rotatable bonds is 8. The molecule has 0 saturated heterocycles. The molecule has 0 fully saturated rings. The summed E-state index contributed by atoms with van der Waals surface area (Å²) in [5.41, 5.74) is 2.92. The second-order valence-electron chi connectivity index (χ2n) is 7.95. The van der Waals surface area contributed by atoms with E-state index in [2.05, 4.69) is 36.5 Å². The fourth-order valence-electron chi connectivity index (χ4n) is 4.17. The third-order valence-corrected chi connectivity index (χ3v) is 5.70. The zero-order valence-electron chi connectivity index (χ0n) is 18.1. The third-order valence-electron chi connectivity index (χ3n) is 5.70. The summed E-state index contributed by atoms with van der Waals surface area (Å²) in [6.07, 6.45) is 3.18. The first kappa shape index (κ1) is 20.9.